The first-order valence-electron chi connectivity index (χ1n) is 3.93. The number of allylic oxidation sites excluding steroid dienone is 4. The Hall–Kier alpha value is -0.520. The molecule has 0 heterocycles. The summed E-state index contributed by atoms with van der Waals surface area (Å²) in [5, 5.41) is 0. The molecular weight excluding hydrogens is 120 g/mol. The summed E-state index contributed by atoms with van der Waals surface area (Å²) in [4.78, 5) is 0. The van der Waals surface area contributed by atoms with Crippen LogP contribution >= 0.6 is 0 Å². The Morgan fingerprint density at radius 1 is 1.40 bits per heavy atom. The van der Waals surface area contributed by atoms with Gasteiger partial charge in [0.25, 0.3) is 0 Å². The molecule has 0 aromatic heterocycles. The third-order valence-corrected chi connectivity index (χ3v) is 1.42. The third-order valence-electron chi connectivity index (χ3n) is 1.42. The SMILES string of the molecule is C/C=C\C(C)CC=C(C)C. The van der Waals surface area contributed by atoms with E-state index in [2.05, 4.69) is 45.9 Å². The van der Waals surface area contributed by atoms with E-state index in [0.717, 1.165) is 0 Å². The molecule has 0 saturated carbocycles. The Labute approximate surface area is 64.6 Å². The maximum absolute atomic E-state index is 2.28. The zero-order valence-corrected chi connectivity index (χ0v) is 7.52. The highest BCUT2D eigenvalue weighted by atomic mass is 14.0. The van der Waals surface area contributed by atoms with Crippen LogP contribution in [0.25, 0.3) is 0 Å². The van der Waals surface area contributed by atoms with Gasteiger partial charge in [-0.3, -0.25) is 0 Å². The quantitative estimate of drug-likeness (QED) is 0.523. The lowest BCUT2D eigenvalue weighted by atomic mass is 10.1. The van der Waals surface area contributed by atoms with Gasteiger partial charge in [-0.2, -0.15) is 0 Å². The highest BCUT2D eigenvalue weighted by Crippen LogP contribution is 2.06. The van der Waals surface area contributed by atoms with Crippen LogP contribution in [0, 0.1) is 5.92 Å². The van der Waals surface area contributed by atoms with Crippen LogP contribution in [0.1, 0.15) is 34.1 Å². The molecule has 0 aliphatic rings. The Bertz CT molecular complexity index is 125. The molecule has 0 radical (unpaired) electrons. The summed E-state index contributed by atoms with van der Waals surface area (Å²) in [6, 6.07) is 0. The molecule has 1 atom stereocenters. The summed E-state index contributed by atoms with van der Waals surface area (Å²) in [5.41, 5.74) is 1.41. The van der Waals surface area contributed by atoms with E-state index in [0.29, 0.717) is 5.92 Å². The summed E-state index contributed by atoms with van der Waals surface area (Å²) < 4.78 is 0. The smallest absolute Gasteiger partial charge is 0.0227 e. The average Bonchev–Trinajstić information content (AvgIpc) is 1.85. The van der Waals surface area contributed by atoms with Crippen molar-refractivity contribution in [2.24, 2.45) is 5.92 Å². The fourth-order valence-corrected chi connectivity index (χ4v) is 0.829. The number of rotatable bonds is 3. The second-order valence-electron chi connectivity index (χ2n) is 3.02. The standard InChI is InChI=1S/C10H18/c1-5-6-10(4)8-7-9(2)3/h5-7,10H,8H2,1-4H3/b6-5-. The van der Waals surface area contributed by atoms with Crippen LogP contribution in [0.4, 0.5) is 0 Å². The fourth-order valence-electron chi connectivity index (χ4n) is 0.829. The van der Waals surface area contributed by atoms with E-state index in [1.54, 1.807) is 0 Å². The van der Waals surface area contributed by atoms with E-state index >= 15 is 0 Å². The zero-order chi connectivity index (χ0) is 7.98. The van der Waals surface area contributed by atoms with E-state index in [-0.39, 0.29) is 0 Å². The van der Waals surface area contributed by atoms with Gasteiger partial charge < -0.3 is 0 Å². The van der Waals surface area contributed by atoms with Crippen LogP contribution in [0.3, 0.4) is 0 Å². The molecule has 0 amide bonds. The molecule has 0 aliphatic carbocycles. The molecule has 0 bridgehead atoms. The molecule has 58 valence electrons. The van der Waals surface area contributed by atoms with Gasteiger partial charge in [0.05, 0.1) is 0 Å². The second-order valence-corrected chi connectivity index (χ2v) is 3.02. The van der Waals surface area contributed by atoms with Crippen LogP contribution < -0.4 is 0 Å². The number of hydrogen-bond acceptors (Lipinski definition) is 0. The molecule has 0 N–H and O–H groups in total. The largest absolute Gasteiger partial charge is 0.0914 e. The summed E-state index contributed by atoms with van der Waals surface area (Å²) in [7, 11) is 0. The van der Waals surface area contributed by atoms with Crippen molar-refractivity contribution in [3.05, 3.63) is 23.8 Å². The van der Waals surface area contributed by atoms with Crippen LogP contribution in [-0.2, 0) is 0 Å². The lowest BCUT2D eigenvalue weighted by Crippen LogP contribution is -1.85. The molecule has 10 heavy (non-hydrogen) atoms. The Morgan fingerprint density at radius 2 is 2.00 bits per heavy atom. The summed E-state index contributed by atoms with van der Waals surface area (Å²) in [6.45, 7) is 8.59. The van der Waals surface area contributed by atoms with Crippen LogP contribution in [0.2, 0.25) is 0 Å². The minimum absolute atomic E-state index is 0.694. The van der Waals surface area contributed by atoms with Gasteiger partial charge in [0, 0.05) is 0 Å². The van der Waals surface area contributed by atoms with Gasteiger partial charge in [-0.15, -0.1) is 0 Å². The second kappa shape index (κ2) is 5.28. The van der Waals surface area contributed by atoms with Gasteiger partial charge in [0.15, 0.2) is 0 Å². The van der Waals surface area contributed by atoms with Gasteiger partial charge in [-0.05, 0) is 33.1 Å². The third kappa shape index (κ3) is 5.61. The lowest BCUT2D eigenvalue weighted by molar-refractivity contribution is 0.739. The van der Waals surface area contributed by atoms with Crippen molar-refractivity contribution in [2.45, 2.75) is 34.1 Å². The van der Waals surface area contributed by atoms with Crippen LogP contribution in [-0.4, -0.2) is 0 Å². The van der Waals surface area contributed by atoms with E-state index in [9.17, 15) is 0 Å². The van der Waals surface area contributed by atoms with Crippen LogP contribution in [0.5, 0.6) is 0 Å². The van der Waals surface area contributed by atoms with Gasteiger partial charge >= 0.3 is 0 Å². The topological polar surface area (TPSA) is 0 Å². The molecule has 1 unspecified atom stereocenters. The van der Waals surface area contributed by atoms with Gasteiger partial charge in [0.2, 0.25) is 0 Å². The maximum Gasteiger partial charge on any atom is -0.0227 e. The Balaban J connectivity index is 3.59. The predicted octanol–water partition coefficient (Wildman–Crippen LogP) is 3.55. The molecule has 0 rings (SSSR count). The fraction of sp³-hybridized carbons (Fsp3) is 0.600. The van der Waals surface area contributed by atoms with Gasteiger partial charge in [-0.1, -0.05) is 30.7 Å². The Kier molecular flexibility index (Phi) is 5.00. The highest BCUT2D eigenvalue weighted by molar-refractivity contribution is 4.96. The molecule has 0 heteroatoms. The number of hydrogen-bond donors (Lipinski definition) is 0. The molecule has 0 nitrogen and oxygen atoms in total. The predicted molar refractivity (Wildman–Crippen MR) is 48.0 cm³/mol. The lowest BCUT2D eigenvalue weighted by Gasteiger charge is -2.00. The molecule has 0 aliphatic heterocycles. The molecule has 0 spiro atoms. The van der Waals surface area contributed by atoms with Crippen molar-refractivity contribution >= 4 is 0 Å². The van der Waals surface area contributed by atoms with Gasteiger partial charge in [-0.25, -0.2) is 0 Å². The highest BCUT2D eigenvalue weighted by Gasteiger charge is 1.90. The first-order valence-corrected chi connectivity index (χ1v) is 3.93. The van der Waals surface area contributed by atoms with E-state index in [4.69, 9.17) is 0 Å². The summed E-state index contributed by atoms with van der Waals surface area (Å²) in [6.07, 6.45) is 7.81. The van der Waals surface area contributed by atoms with Crippen molar-refractivity contribution in [1.82, 2.24) is 0 Å². The van der Waals surface area contributed by atoms with Crippen molar-refractivity contribution in [3.8, 4) is 0 Å². The van der Waals surface area contributed by atoms with Crippen molar-refractivity contribution in [2.75, 3.05) is 0 Å². The molecule has 0 aromatic carbocycles. The van der Waals surface area contributed by atoms with E-state index < -0.39 is 0 Å². The van der Waals surface area contributed by atoms with Gasteiger partial charge in [0.1, 0.15) is 0 Å². The van der Waals surface area contributed by atoms with E-state index in [1.807, 2.05) is 0 Å². The Morgan fingerprint density at radius 3 is 2.40 bits per heavy atom. The summed E-state index contributed by atoms with van der Waals surface area (Å²) >= 11 is 0. The van der Waals surface area contributed by atoms with Crippen molar-refractivity contribution in [1.29, 1.82) is 0 Å². The monoisotopic (exact) mass is 138 g/mol. The molecule has 0 aromatic rings. The summed E-state index contributed by atoms with van der Waals surface area (Å²) in [5.74, 6) is 0.694. The molecular formula is C10H18. The first kappa shape index (κ1) is 9.48. The maximum atomic E-state index is 2.28. The minimum atomic E-state index is 0.694. The van der Waals surface area contributed by atoms with Crippen molar-refractivity contribution < 1.29 is 0 Å². The molecule has 0 saturated heterocycles. The average molecular weight is 138 g/mol. The van der Waals surface area contributed by atoms with Crippen molar-refractivity contribution in [3.63, 3.8) is 0 Å². The zero-order valence-electron chi connectivity index (χ0n) is 7.52. The normalized spacial score (nSPS) is 13.6. The van der Waals surface area contributed by atoms with Crippen LogP contribution in [0.15, 0.2) is 23.8 Å². The van der Waals surface area contributed by atoms with E-state index in [1.165, 1.54) is 12.0 Å². The molecule has 0 fully saturated rings. The minimum Gasteiger partial charge on any atom is -0.0914 e. The first-order chi connectivity index (χ1) is 4.66.